The molecular weight excluding hydrogens is 512 g/mol. The summed E-state index contributed by atoms with van der Waals surface area (Å²) in [4.78, 5) is 15.5. The van der Waals surface area contributed by atoms with Gasteiger partial charge in [0, 0.05) is 15.9 Å². The molecule has 1 amide bonds. The Bertz CT molecular complexity index is 1320. The van der Waals surface area contributed by atoms with Crippen molar-refractivity contribution in [2.24, 2.45) is 0 Å². The van der Waals surface area contributed by atoms with Crippen LogP contribution in [0.25, 0.3) is 22.0 Å². The zero-order valence-corrected chi connectivity index (χ0v) is 18.4. The highest BCUT2D eigenvalue weighted by Gasteiger charge is 2.43. The summed E-state index contributed by atoms with van der Waals surface area (Å²) in [5, 5.41) is 3.16. The Balaban J connectivity index is 1.73. The number of carbonyl (C=O) groups is 1. The van der Waals surface area contributed by atoms with Crippen LogP contribution in [0.4, 0.5) is 17.6 Å². The zero-order valence-electron chi connectivity index (χ0n) is 16.1. The first-order valence-electron chi connectivity index (χ1n) is 9.33. The van der Waals surface area contributed by atoms with Gasteiger partial charge < -0.3 is 10.3 Å². The van der Waals surface area contributed by atoms with E-state index in [-0.39, 0.29) is 21.3 Å². The minimum atomic E-state index is -4.78. The maximum absolute atomic E-state index is 14.1. The van der Waals surface area contributed by atoms with E-state index in [2.05, 4.69) is 26.2 Å². The van der Waals surface area contributed by atoms with E-state index in [1.807, 2.05) is 0 Å². The molecule has 1 atom stereocenters. The number of hydrogen-bond acceptors (Lipinski definition) is 1. The van der Waals surface area contributed by atoms with Gasteiger partial charge in [-0.1, -0.05) is 48.0 Å². The van der Waals surface area contributed by atoms with Gasteiger partial charge in [-0.15, -0.1) is 0 Å². The maximum atomic E-state index is 14.1. The highest BCUT2D eigenvalue weighted by Crippen LogP contribution is 2.39. The molecule has 4 aromatic rings. The van der Waals surface area contributed by atoms with Gasteiger partial charge >= 0.3 is 6.18 Å². The van der Waals surface area contributed by atoms with Crippen LogP contribution >= 0.6 is 27.5 Å². The van der Waals surface area contributed by atoms with Gasteiger partial charge in [0.2, 0.25) is 0 Å². The van der Waals surface area contributed by atoms with Crippen molar-refractivity contribution in [2.75, 3.05) is 0 Å². The first kappa shape index (κ1) is 22.4. The van der Waals surface area contributed by atoms with Gasteiger partial charge in [0.15, 0.2) is 6.04 Å². The molecule has 0 aliphatic heterocycles. The van der Waals surface area contributed by atoms with Gasteiger partial charge in [-0.3, -0.25) is 4.79 Å². The Labute approximate surface area is 193 Å². The third-order valence-electron chi connectivity index (χ3n) is 4.93. The molecule has 0 saturated heterocycles. The van der Waals surface area contributed by atoms with Crippen LogP contribution in [0.1, 0.15) is 22.1 Å². The molecular formula is C23H14BrClF4N2O. The van der Waals surface area contributed by atoms with Gasteiger partial charge in [0.25, 0.3) is 5.91 Å². The molecule has 0 radical (unpaired) electrons. The quantitative estimate of drug-likeness (QED) is 0.268. The van der Waals surface area contributed by atoms with E-state index in [1.54, 1.807) is 24.3 Å². The second-order valence-corrected chi connectivity index (χ2v) is 8.37. The Morgan fingerprint density at radius 2 is 1.78 bits per heavy atom. The van der Waals surface area contributed by atoms with Crippen molar-refractivity contribution < 1.29 is 22.4 Å². The predicted molar refractivity (Wildman–Crippen MR) is 119 cm³/mol. The highest BCUT2D eigenvalue weighted by molar-refractivity contribution is 9.10. The number of H-pyrrole nitrogens is 1. The number of benzene rings is 3. The fourth-order valence-corrected chi connectivity index (χ4v) is 3.99. The maximum Gasteiger partial charge on any atom is 0.412 e. The Kier molecular flexibility index (Phi) is 6.01. The summed E-state index contributed by atoms with van der Waals surface area (Å²) in [6.07, 6.45) is -4.78. The molecule has 0 aliphatic rings. The fourth-order valence-electron chi connectivity index (χ4n) is 3.44. The van der Waals surface area contributed by atoms with E-state index in [0.717, 1.165) is 6.07 Å². The molecule has 3 aromatic carbocycles. The van der Waals surface area contributed by atoms with E-state index >= 15 is 0 Å². The SMILES string of the molecule is O=C(NC(c1ccccc1-c1ccc(F)c(Br)c1)C(F)(F)F)c1cc2ccc(Cl)cc2[nH]1. The summed E-state index contributed by atoms with van der Waals surface area (Å²) in [5.74, 6) is -1.46. The van der Waals surface area contributed by atoms with Crippen molar-refractivity contribution in [3.8, 4) is 11.1 Å². The van der Waals surface area contributed by atoms with Crippen LogP contribution in [0.5, 0.6) is 0 Å². The predicted octanol–water partition coefficient (Wildman–Crippen LogP) is 7.42. The van der Waals surface area contributed by atoms with Crippen molar-refractivity contribution in [3.05, 3.63) is 93.3 Å². The number of nitrogens with one attached hydrogen (secondary N) is 2. The second kappa shape index (κ2) is 8.60. The summed E-state index contributed by atoms with van der Waals surface area (Å²) in [6.45, 7) is 0. The minimum absolute atomic E-state index is 0.0291. The molecule has 1 unspecified atom stereocenters. The highest BCUT2D eigenvalue weighted by atomic mass is 79.9. The van der Waals surface area contributed by atoms with Gasteiger partial charge in [0.1, 0.15) is 11.5 Å². The number of aromatic amines is 1. The van der Waals surface area contributed by atoms with E-state index < -0.39 is 23.9 Å². The lowest BCUT2D eigenvalue weighted by Gasteiger charge is -2.24. The molecule has 0 spiro atoms. The van der Waals surface area contributed by atoms with Crippen molar-refractivity contribution in [1.29, 1.82) is 0 Å². The van der Waals surface area contributed by atoms with Crippen LogP contribution in [0.3, 0.4) is 0 Å². The van der Waals surface area contributed by atoms with Gasteiger partial charge in [0.05, 0.1) is 4.47 Å². The monoisotopic (exact) mass is 524 g/mol. The van der Waals surface area contributed by atoms with Crippen molar-refractivity contribution >= 4 is 44.3 Å². The number of aromatic nitrogens is 1. The standard InChI is InChI=1S/C23H14BrClF4N2O/c24-17-9-12(6-8-18(17)26)15-3-1-2-4-16(15)21(23(27,28)29)31-22(32)20-10-13-5-7-14(25)11-19(13)30-20/h1-11,21,30H,(H,31,32). The van der Waals surface area contributed by atoms with Crippen LogP contribution in [0, 0.1) is 5.82 Å². The van der Waals surface area contributed by atoms with Crippen LogP contribution < -0.4 is 5.32 Å². The van der Waals surface area contributed by atoms with Gasteiger partial charge in [-0.25, -0.2) is 4.39 Å². The first-order chi connectivity index (χ1) is 15.1. The van der Waals surface area contributed by atoms with E-state index in [9.17, 15) is 22.4 Å². The van der Waals surface area contributed by atoms with Crippen LogP contribution in [-0.4, -0.2) is 17.1 Å². The molecule has 0 fully saturated rings. The van der Waals surface area contributed by atoms with Crippen molar-refractivity contribution in [3.63, 3.8) is 0 Å². The van der Waals surface area contributed by atoms with E-state index in [0.29, 0.717) is 21.5 Å². The number of rotatable bonds is 4. The molecule has 1 aromatic heterocycles. The van der Waals surface area contributed by atoms with Crippen molar-refractivity contribution in [2.45, 2.75) is 12.2 Å². The molecule has 164 valence electrons. The smallest absolute Gasteiger partial charge is 0.350 e. The average molecular weight is 526 g/mol. The molecule has 0 aliphatic carbocycles. The summed E-state index contributed by atoms with van der Waals surface area (Å²) >= 11 is 8.99. The largest absolute Gasteiger partial charge is 0.412 e. The number of fused-ring (bicyclic) bond motifs is 1. The number of halogens is 6. The normalized spacial score (nSPS) is 12.7. The molecule has 32 heavy (non-hydrogen) atoms. The Morgan fingerprint density at radius 3 is 2.50 bits per heavy atom. The molecule has 2 N–H and O–H groups in total. The molecule has 9 heteroatoms. The molecule has 0 bridgehead atoms. The summed E-state index contributed by atoms with van der Waals surface area (Å²) in [6, 6.07) is 13.8. The number of alkyl halides is 3. The topological polar surface area (TPSA) is 44.9 Å². The van der Waals surface area contributed by atoms with Crippen LogP contribution in [0.15, 0.2) is 71.2 Å². The van der Waals surface area contributed by atoms with Gasteiger partial charge in [-0.05, 0) is 63.0 Å². The second-order valence-electron chi connectivity index (χ2n) is 7.08. The third-order valence-corrected chi connectivity index (χ3v) is 5.78. The number of hydrogen-bond donors (Lipinski definition) is 2. The number of carbonyl (C=O) groups excluding carboxylic acids is 1. The van der Waals surface area contributed by atoms with Crippen LogP contribution in [0.2, 0.25) is 5.02 Å². The molecule has 1 heterocycles. The molecule has 3 nitrogen and oxygen atoms in total. The lowest BCUT2D eigenvalue weighted by molar-refractivity contribution is -0.155. The third kappa shape index (κ3) is 4.52. The molecule has 0 saturated carbocycles. The fraction of sp³-hybridized carbons (Fsp3) is 0.0870. The van der Waals surface area contributed by atoms with E-state index in [4.69, 9.17) is 11.6 Å². The summed E-state index contributed by atoms with van der Waals surface area (Å²) in [5.41, 5.74) is 0.934. The Hall–Kier alpha value is -2.84. The minimum Gasteiger partial charge on any atom is -0.350 e. The Morgan fingerprint density at radius 1 is 1.03 bits per heavy atom. The molecule has 4 rings (SSSR count). The van der Waals surface area contributed by atoms with Crippen molar-refractivity contribution in [1.82, 2.24) is 10.3 Å². The van der Waals surface area contributed by atoms with Crippen LogP contribution in [-0.2, 0) is 0 Å². The van der Waals surface area contributed by atoms with Gasteiger partial charge in [-0.2, -0.15) is 13.2 Å². The lowest BCUT2D eigenvalue weighted by Crippen LogP contribution is -2.38. The zero-order chi connectivity index (χ0) is 23.0. The van der Waals surface area contributed by atoms with E-state index in [1.165, 1.54) is 36.4 Å². The summed E-state index contributed by atoms with van der Waals surface area (Å²) in [7, 11) is 0. The average Bonchev–Trinajstić information content (AvgIpc) is 3.16. The first-order valence-corrected chi connectivity index (χ1v) is 10.5. The summed E-state index contributed by atoms with van der Waals surface area (Å²) < 4.78 is 56.0. The lowest BCUT2D eigenvalue weighted by atomic mass is 9.94. The number of amides is 1.